The van der Waals surface area contributed by atoms with Gasteiger partial charge in [-0.1, -0.05) is 305 Å². The second-order valence-corrected chi connectivity index (χ2v) is 49.0. The Hall–Kier alpha value is -11.4. The van der Waals surface area contributed by atoms with Crippen LogP contribution in [0.4, 0.5) is 5.69 Å². The van der Waals surface area contributed by atoms with Crippen LogP contribution in [0.2, 0.25) is 19.6 Å². The first-order valence-corrected chi connectivity index (χ1v) is 52.0. The number of aromatic hydroxyl groups is 2. The van der Waals surface area contributed by atoms with Gasteiger partial charge in [-0.2, -0.15) is 0 Å². The number of nitrogen functional groups attached to an aromatic ring is 1. The summed E-state index contributed by atoms with van der Waals surface area (Å²) in [5.41, 5.74) is 8.25. The number of rotatable bonds is 25. The molecule has 0 saturated carbocycles. The lowest BCUT2D eigenvalue weighted by Gasteiger charge is -2.25. The van der Waals surface area contributed by atoms with E-state index in [-0.39, 0.29) is 55.5 Å². The number of Topliss-reactive ketones (excluding diaryl/α,β-unsaturated/α-hetero) is 3. The summed E-state index contributed by atoms with van der Waals surface area (Å²) in [7, 11) is -11.5. The third-order valence-electron chi connectivity index (χ3n) is 20.6. The number of carbonyl (C=O) groups is 3. The Morgan fingerprint density at radius 3 is 0.959 bits per heavy atom. The first-order chi connectivity index (χ1) is 58.5. The van der Waals surface area contributed by atoms with Crippen LogP contribution in [0.25, 0.3) is 75.4 Å². The second-order valence-electron chi connectivity index (χ2n) is 30.9. The van der Waals surface area contributed by atoms with Crippen LogP contribution in [-0.2, 0) is 69.6 Å². The van der Waals surface area contributed by atoms with E-state index in [1.165, 1.54) is 6.66 Å². The molecular formula is C102H99BrNO14P3Si. The summed E-state index contributed by atoms with van der Waals surface area (Å²) in [6, 6.07) is 105. The fourth-order valence-electron chi connectivity index (χ4n) is 15.1. The van der Waals surface area contributed by atoms with E-state index in [4.69, 9.17) is 24.3 Å². The number of ketones is 3. The number of halogens is 1. The molecule has 0 amide bonds. The predicted molar refractivity (Wildman–Crippen MR) is 506 cm³/mol. The lowest BCUT2D eigenvalue weighted by atomic mass is 9.96. The Kier molecular flexibility index (Phi) is 30.2. The smallest absolute Gasteiger partial charge is 0.340 e. The van der Waals surface area contributed by atoms with Gasteiger partial charge in [0.25, 0.3) is 0 Å². The largest absolute Gasteiger partial charge is 0.508 e. The molecule has 0 heterocycles. The molecule has 0 fully saturated rings. The van der Waals surface area contributed by atoms with Crippen LogP contribution in [0.1, 0.15) is 75.3 Å². The number of ether oxygens (including phenoxy) is 2. The minimum absolute atomic E-state index is 0.0323. The van der Waals surface area contributed by atoms with Gasteiger partial charge in [-0.3, -0.25) is 28.1 Å². The number of anilines is 1. The summed E-state index contributed by atoms with van der Waals surface area (Å²) >= 11 is 3.51. The van der Waals surface area contributed by atoms with Crippen molar-refractivity contribution in [3.63, 3.8) is 0 Å². The maximum atomic E-state index is 14.1. The van der Waals surface area contributed by atoms with Crippen molar-refractivity contribution >= 4 is 143 Å². The average molecular weight is 1760 g/mol. The number of phenolic OH excluding ortho intramolecular Hbond substituents is 2. The van der Waals surface area contributed by atoms with Crippen molar-refractivity contribution in [3.8, 4) is 23.0 Å². The number of benzene rings is 16. The highest BCUT2D eigenvalue weighted by Gasteiger charge is 2.41. The molecule has 0 aromatic heterocycles. The van der Waals surface area contributed by atoms with Gasteiger partial charge in [0, 0.05) is 49.3 Å². The summed E-state index contributed by atoms with van der Waals surface area (Å²) in [6.45, 7) is 13.8. The van der Waals surface area contributed by atoms with Crippen LogP contribution in [0.5, 0.6) is 23.0 Å². The molecule has 0 aliphatic heterocycles. The molecule has 15 nitrogen and oxygen atoms in total. The molecule has 0 saturated heterocycles. The molecule has 16 aromatic carbocycles. The fourth-order valence-corrected chi connectivity index (χ4v) is 20.2. The molecule has 5 atom stereocenters. The van der Waals surface area contributed by atoms with E-state index in [9.17, 15) is 48.1 Å². The highest BCUT2D eigenvalue weighted by atomic mass is 79.9. The summed E-state index contributed by atoms with van der Waals surface area (Å²) in [6.07, 6.45) is -0.128. The molecule has 5 unspecified atom stereocenters. The zero-order valence-corrected chi connectivity index (χ0v) is 74.4. The van der Waals surface area contributed by atoms with E-state index < -0.39 is 51.8 Å². The van der Waals surface area contributed by atoms with E-state index in [1.54, 1.807) is 63.0 Å². The van der Waals surface area contributed by atoms with Gasteiger partial charge in [-0.15, -0.1) is 15.3 Å². The number of hydrogen-bond acceptors (Lipinski definition) is 13. The van der Waals surface area contributed by atoms with Gasteiger partial charge in [-0.25, -0.2) is 0 Å². The quantitative estimate of drug-likeness (QED) is 0.0117. The molecule has 20 heteroatoms. The third kappa shape index (κ3) is 23.4. The van der Waals surface area contributed by atoms with Gasteiger partial charge in [0.15, 0.2) is 17.3 Å². The lowest BCUT2D eigenvalue weighted by molar-refractivity contribution is -0.119. The zero-order chi connectivity index (χ0) is 86.7. The van der Waals surface area contributed by atoms with Gasteiger partial charge in [0.1, 0.15) is 59.9 Å². The van der Waals surface area contributed by atoms with Gasteiger partial charge in [-0.05, 0) is 166 Å². The molecule has 0 aliphatic carbocycles. The van der Waals surface area contributed by atoms with Crippen LogP contribution < -0.4 is 15.2 Å². The minimum atomic E-state index is -4.81. The maximum Gasteiger partial charge on any atom is 0.340 e. The summed E-state index contributed by atoms with van der Waals surface area (Å²) in [5, 5.41) is 32.9. The van der Waals surface area contributed by atoms with Gasteiger partial charge < -0.3 is 44.3 Å². The molecule has 122 heavy (non-hydrogen) atoms. The van der Waals surface area contributed by atoms with Crippen LogP contribution in [-0.4, -0.2) is 70.6 Å². The Morgan fingerprint density at radius 1 is 0.352 bits per heavy atom. The lowest BCUT2D eigenvalue weighted by Crippen LogP contribution is -2.18. The van der Waals surface area contributed by atoms with Gasteiger partial charge in [0.05, 0.1) is 18.9 Å². The highest BCUT2D eigenvalue weighted by Crippen LogP contribution is 2.61. The molecule has 6 N–H and O–H groups in total. The molecule has 622 valence electrons. The van der Waals surface area contributed by atoms with E-state index in [0.29, 0.717) is 58.0 Å². The average Bonchev–Trinajstić information content (AvgIpc) is 0.775. The monoisotopic (exact) mass is 1760 g/mol. The van der Waals surface area contributed by atoms with Crippen LogP contribution in [0.15, 0.2) is 334 Å². The van der Waals surface area contributed by atoms with Crippen molar-refractivity contribution < 1.29 is 66.6 Å². The topological polar surface area (TPSA) is 246 Å². The number of hydrogen-bond donors (Lipinski definition) is 5. The molecule has 0 radical (unpaired) electrons. The summed E-state index contributed by atoms with van der Waals surface area (Å²) < 4.78 is 63.9. The normalized spacial score (nSPS) is 13.1. The second kappa shape index (κ2) is 41.0. The summed E-state index contributed by atoms with van der Waals surface area (Å²) in [4.78, 5) is 61.9. The van der Waals surface area contributed by atoms with Crippen molar-refractivity contribution in [2.45, 2.75) is 82.9 Å². The fraction of sp³-hybridized carbons (Fsp3) is 0.167. The third-order valence-corrected chi connectivity index (χ3v) is 26.4. The molecule has 0 aliphatic rings. The van der Waals surface area contributed by atoms with Crippen LogP contribution in [0, 0.1) is 0 Å². The van der Waals surface area contributed by atoms with E-state index in [0.717, 1.165) is 92.3 Å². The molecule has 16 rings (SSSR count). The van der Waals surface area contributed by atoms with E-state index in [1.807, 2.05) is 291 Å². The predicted octanol–water partition coefficient (Wildman–Crippen LogP) is 25.8. The Balaban J connectivity index is 0.000000153. The Morgan fingerprint density at radius 2 is 0.615 bits per heavy atom. The zero-order valence-electron chi connectivity index (χ0n) is 69.1. The van der Waals surface area contributed by atoms with Crippen LogP contribution >= 0.6 is 37.6 Å². The SMILES string of the molecule is CCOP(C)(=O)C(C(=O)Cc1cc2ccccc2cc1O)c1cccc2ccccc12.CCOP(C)(=O)C(C(=O)Cc1cc2ccccc2cc1OCc1ccccc1)c1cccc2ccccc12.C[Si](C)(C)Br.Nc1cc2ccccc2cc1O.O=C(Cc1cc2ccccc2cc1OCc1ccccc1)C(c1cccc2ccccc12)P(=O)(O)O. The molecular weight excluding hydrogens is 1660 g/mol. The molecule has 0 bridgehead atoms. The number of fused-ring (bicyclic) bond motifs is 7. The first-order valence-electron chi connectivity index (χ1n) is 40.3. The Bertz CT molecular complexity index is 6500. The van der Waals surface area contributed by atoms with E-state index >= 15 is 0 Å². The number of carbonyl (C=O) groups excluding carboxylic acids is 3. The minimum Gasteiger partial charge on any atom is -0.508 e. The van der Waals surface area contributed by atoms with Crippen molar-refractivity contribution in [2.75, 3.05) is 32.3 Å². The van der Waals surface area contributed by atoms with Crippen molar-refractivity contribution in [2.24, 2.45) is 0 Å². The van der Waals surface area contributed by atoms with Crippen molar-refractivity contribution in [1.82, 2.24) is 0 Å². The van der Waals surface area contributed by atoms with Crippen molar-refractivity contribution in [1.29, 1.82) is 0 Å². The van der Waals surface area contributed by atoms with Gasteiger partial charge >= 0.3 is 7.60 Å². The van der Waals surface area contributed by atoms with Crippen molar-refractivity contribution in [3.05, 3.63) is 378 Å². The van der Waals surface area contributed by atoms with E-state index in [2.05, 4.69) is 34.9 Å². The molecule has 16 aromatic rings. The highest BCUT2D eigenvalue weighted by molar-refractivity contribution is 9.26. The standard InChI is InChI=1S/C33H31O4P.C30H25O5P.C26H25O4P.C10H9NO.C3H9BrSi/c1-3-37-38(2,35)33(30-19-11-17-25-14-9-10-18-29(25)30)31(34)21-28-20-26-15-7-8-16-27(26)22-32(28)36-23-24-12-5-4-6-13-24;31-28(30(36(32,33)34)27-16-8-14-22-11-6-7-15-26(22)27)18-25-17-23-12-4-5-13-24(23)19-29(25)35-20-21-9-2-1-3-10-21;1-3-30-31(2,29)26(23-14-8-12-18-9-6-7-13-22(18)23)25(28)17-21-15-19-10-4-5-11-20(19)16-24(21)27;11-9-5-7-3-1-2-4-8(7)6-10(9)12;1-5(2,3)4/h4-20,22,33H,3,21,23H2,1-2H3;1-17,19,30H,18,20H2,(H2,32,33,34);4-16,26-27H,3,17H2,1-2H3;1-6,12H,11H2;1-3H3. The van der Waals surface area contributed by atoms with Gasteiger partial charge in [0.2, 0.25) is 14.7 Å². The maximum absolute atomic E-state index is 14.1. The summed E-state index contributed by atoms with van der Waals surface area (Å²) in [5.74, 6) is 0.439. The number of phenols is 2. The first kappa shape index (κ1) is 89.8. The molecule has 0 spiro atoms. The number of nitrogens with two attached hydrogens (primary N) is 1. The Labute approximate surface area is 720 Å². The van der Waals surface area contributed by atoms with Crippen LogP contribution in [0.3, 0.4) is 0 Å².